The second kappa shape index (κ2) is 8.99. The minimum Gasteiger partial charge on any atom is -0.355 e. The summed E-state index contributed by atoms with van der Waals surface area (Å²) < 4.78 is 2.24. The minimum atomic E-state index is 0.578. The summed E-state index contributed by atoms with van der Waals surface area (Å²) >= 11 is 1.65. The van der Waals surface area contributed by atoms with Crippen LogP contribution >= 0.6 is 11.3 Å². The summed E-state index contributed by atoms with van der Waals surface area (Å²) in [6, 6.07) is 2.15. The highest BCUT2D eigenvalue weighted by molar-refractivity contribution is 7.09. The predicted molar refractivity (Wildman–Crippen MR) is 111 cm³/mol. The van der Waals surface area contributed by atoms with Crippen LogP contribution in [-0.4, -0.2) is 33.4 Å². The van der Waals surface area contributed by atoms with Crippen LogP contribution in [0.2, 0.25) is 0 Å². The van der Waals surface area contributed by atoms with Crippen molar-refractivity contribution < 1.29 is 0 Å². The van der Waals surface area contributed by atoms with E-state index in [9.17, 15) is 0 Å². The SMILES string of the molecule is C/C=c1/ccn(Cc2nc(C(=N)N3CCCC3)cs2)/c1=C/C=C\CCC. The first kappa shape index (κ1) is 18.6. The maximum absolute atomic E-state index is 8.37. The van der Waals surface area contributed by atoms with Crippen LogP contribution in [0.25, 0.3) is 12.2 Å². The largest absolute Gasteiger partial charge is 0.355 e. The van der Waals surface area contributed by atoms with E-state index >= 15 is 0 Å². The maximum Gasteiger partial charge on any atom is 0.147 e. The number of hydrogen-bond acceptors (Lipinski definition) is 3. The van der Waals surface area contributed by atoms with Crippen molar-refractivity contribution in [1.29, 1.82) is 5.41 Å². The number of nitrogens with one attached hydrogen (secondary N) is 1. The van der Waals surface area contributed by atoms with Crippen LogP contribution in [0, 0.1) is 5.41 Å². The van der Waals surface area contributed by atoms with Crippen LogP contribution in [0.3, 0.4) is 0 Å². The van der Waals surface area contributed by atoms with E-state index < -0.39 is 0 Å². The number of unbranched alkanes of at least 4 members (excludes halogenated alkanes) is 1. The Morgan fingerprint density at radius 1 is 1.35 bits per heavy atom. The quantitative estimate of drug-likeness (QED) is 0.628. The van der Waals surface area contributed by atoms with Gasteiger partial charge in [-0.3, -0.25) is 5.41 Å². The molecule has 0 bridgehead atoms. The molecule has 0 saturated carbocycles. The van der Waals surface area contributed by atoms with E-state index in [4.69, 9.17) is 10.4 Å². The molecule has 2 aromatic rings. The molecule has 26 heavy (non-hydrogen) atoms. The molecule has 5 heteroatoms. The lowest BCUT2D eigenvalue weighted by Gasteiger charge is -2.16. The van der Waals surface area contributed by atoms with Crippen molar-refractivity contribution >= 4 is 29.3 Å². The van der Waals surface area contributed by atoms with Crippen molar-refractivity contribution in [2.75, 3.05) is 13.1 Å². The van der Waals surface area contributed by atoms with Gasteiger partial charge in [0.15, 0.2) is 0 Å². The van der Waals surface area contributed by atoms with E-state index in [2.05, 4.69) is 59.9 Å². The number of allylic oxidation sites excluding steroid dienone is 2. The van der Waals surface area contributed by atoms with Gasteiger partial charge < -0.3 is 9.47 Å². The molecule has 1 saturated heterocycles. The average Bonchev–Trinajstić information content (AvgIpc) is 3.40. The van der Waals surface area contributed by atoms with Gasteiger partial charge in [-0.05, 0) is 43.5 Å². The highest BCUT2D eigenvalue weighted by Gasteiger charge is 2.18. The number of thiazole rings is 1. The van der Waals surface area contributed by atoms with Gasteiger partial charge in [-0.15, -0.1) is 11.3 Å². The lowest BCUT2D eigenvalue weighted by molar-refractivity contribution is 0.515. The number of hydrogen-bond donors (Lipinski definition) is 1. The first-order valence-electron chi connectivity index (χ1n) is 9.49. The maximum atomic E-state index is 8.37. The molecule has 0 amide bonds. The van der Waals surface area contributed by atoms with Crippen molar-refractivity contribution in [3.8, 4) is 0 Å². The molecule has 0 spiro atoms. The van der Waals surface area contributed by atoms with Crippen LogP contribution in [0.5, 0.6) is 0 Å². The van der Waals surface area contributed by atoms with Gasteiger partial charge in [0.25, 0.3) is 0 Å². The number of nitrogens with zero attached hydrogens (tertiary/aromatic N) is 3. The molecule has 1 aliphatic heterocycles. The van der Waals surface area contributed by atoms with Gasteiger partial charge in [0.2, 0.25) is 0 Å². The van der Waals surface area contributed by atoms with Crippen LogP contribution in [0.15, 0.2) is 29.8 Å². The molecule has 1 fully saturated rings. The third-order valence-corrected chi connectivity index (χ3v) is 5.55. The summed E-state index contributed by atoms with van der Waals surface area (Å²) in [6.07, 6.45) is 15.5. The van der Waals surface area contributed by atoms with Crippen LogP contribution in [0.1, 0.15) is 50.2 Å². The third kappa shape index (κ3) is 4.33. The number of aromatic nitrogens is 2. The predicted octanol–water partition coefficient (Wildman–Crippen LogP) is 3.35. The molecule has 1 aliphatic rings. The second-order valence-corrected chi connectivity index (χ2v) is 7.57. The molecule has 0 atom stereocenters. The molecule has 0 aliphatic carbocycles. The van der Waals surface area contributed by atoms with Gasteiger partial charge in [-0.1, -0.05) is 31.6 Å². The molecular formula is C21H28N4S. The molecule has 0 aromatic carbocycles. The Bertz CT molecular complexity index is 881. The van der Waals surface area contributed by atoms with Gasteiger partial charge in [0, 0.05) is 30.0 Å². The standard InChI is InChI=1S/C21H28N4S/c1-3-5-6-7-10-19-17(4-2)11-14-25(19)15-20-23-18(16-26-20)21(22)24-12-8-9-13-24/h4,6-7,10-11,14,16,22H,3,5,8-9,12-13,15H2,1-2H3/b7-6-,17-4-,19-10+,22-21?. The molecule has 4 nitrogen and oxygen atoms in total. The lowest BCUT2D eigenvalue weighted by atomic mass is 10.3. The molecule has 3 rings (SSSR count). The normalized spacial score (nSPS) is 16.3. The fourth-order valence-electron chi connectivity index (χ4n) is 3.24. The summed E-state index contributed by atoms with van der Waals surface area (Å²) in [5.41, 5.74) is 0.815. The lowest BCUT2D eigenvalue weighted by Crippen LogP contribution is -2.29. The van der Waals surface area contributed by atoms with Gasteiger partial charge in [-0.25, -0.2) is 4.98 Å². The fraction of sp³-hybridized carbons (Fsp3) is 0.429. The molecule has 0 unspecified atom stereocenters. The van der Waals surface area contributed by atoms with E-state index in [0.29, 0.717) is 5.84 Å². The van der Waals surface area contributed by atoms with Crippen LogP contribution in [-0.2, 0) is 6.54 Å². The van der Waals surface area contributed by atoms with Crippen LogP contribution < -0.4 is 10.6 Å². The monoisotopic (exact) mass is 368 g/mol. The Kier molecular flexibility index (Phi) is 6.45. The second-order valence-electron chi connectivity index (χ2n) is 6.63. The highest BCUT2D eigenvalue weighted by Crippen LogP contribution is 2.16. The van der Waals surface area contributed by atoms with E-state index in [0.717, 1.165) is 36.8 Å². The van der Waals surface area contributed by atoms with Crippen molar-refractivity contribution in [2.24, 2.45) is 0 Å². The third-order valence-electron chi connectivity index (χ3n) is 4.72. The highest BCUT2D eigenvalue weighted by atomic mass is 32.1. The molecule has 2 aromatic heterocycles. The smallest absolute Gasteiger partial charge is 0.147 e. The zero-order chi connectivity index (χ0) is 18.4. The van der Waals surface area contributed by atoms with Gasteiger partial charge in [0.05, 0.1) is 6.54 Å². The number of amidine groups is 1. The van der Waals surface area contributed by atoms with Gasteiger partial charge >= 0.3 is 0 Å². The first-order chi connectivity index (χ1) is 12.7. The summed E-state index contributed by atoms with van der Waals surface area (Å²) in [4.78, 5) is 6.86. The summed E-state index contributed by atoms with van der Waals surface area (Å²) in [5, 5.41) is 13.9. The van der Waals surface area contributed by atoms with E-state index in [1.807, 2.05) is 5.38 Å². The Morgan fingerprint density at radius 3 is 2.88 bits per heavy atom. The first-order valence-corrected chi connectivity index (χ1v) is 10.4. The van der Waals surface area contributed by atoms with Crippen molar-refractivity contribution in [2.45, 2.75) is 46.1 Å². The van der Waals surface area contributed by atoms with Crippen molar-refractivity contribution in [3.05, 3.63) is 51.1 Å². The Hall–Kier alpha value is -2.14. The Morgan fingerprint density at radius 2 is 2.15 bits per heavy atom. The van der Waals surface area contributed by atoms with E-state index in [1.54, 1.807) is 11.3 Å². The average molecular weight is 369 g/mol. The topological polar surface area (TPSA) is 44.9 Å². The molecule has 138 valence electrons. The zero-order valence-electron chi connectivity index (χ0n) is 15.7. The van der Waals surface area contributed by atoms with E-state index in [1.165, 1.54) is 29.8 Å². The zero-order valence-corrected chi connectivity index (χ0v) is 16.6. The molecule has 1 N–H and O–H groups in total. The van der Waals surface area contributed by atoms with Crippen LogP contribution in [0.4, 0.5) is 0 Å². The van der Waals surface area contributed by atoms with Gasteiger partial charge in [-0.2, -0.15) is 0 Å². The number of likely N-dealkylation sites (tertiary alicyclic amines) is 1. The fourth-order valence-corrected chi connectivity index (χ4v) is 4.02. The molecule has 3 heterocycles. The Balaban J connectivity index is 1.79. The summed E-state index contributed by atoms with van der Waals surface area (Å²) in [6.45, 7) is 6.99. The Labute approximate surface area is 159 Å². The van der Waals surface area contributed by atoms with Crippen molar-refractivity contribution in [1.82, 2.24) is 14.5 Å². The summed E-state index contributed by atoms with van der Waals surface area (Å²) in [5.74, 6) is 0.578. The molecule has 0 radical (unpaired) electrons. The minimum absolute atomic E-state index is 0.578. The van der Waals surface area contributed by atoms with Crippen molar-refractivity contribution in [3.63, 3.8) is 0 Å². The number of rotatable bonds is 6. The molecular weight excluding hydrogens is 340 g/mol. The summed E-state index contributed by atoms with van der Waals surface area (Å²) in [7, 11) is 0. The van der Waals surface area contributed by atoms with E-state index in [-0.39, 0.29) is 0 Å². The van der Waals surface area contributed by atoms with Gasteiger partial charge in [0.1, 0.15) is 16.5 Å².